The highest BCUT2D eigenvalue weighted by Gasteiger charge is 2.13. The predicted octanol–water partition coefficient (Wildman–Crippen LogP) is 3.93. The van der Waals surface area contributed by atoms with E-state index in [1.54, 1.807) is 18.2 Å². The monoisotopic (exact) mass is 299 g/mol. The van der Waals surface area contributed by atoms with Crippen LogP contribution in [0.1, 0.15) is 26.7 Å². The van der Waals surface area contributed by atoms with E-state index in [0.717, 1.165) is 0 Å². The quantitative estimate of drug-likeness (QED) is 0.933. The number of halogens is 2. The number of hydrogen-bond acceptors (Lipinski definition) is 4. The van der Waals surface area contributed by atoms with Crippen molar-refractivity contribution in [3.63, 3.8) is 0 Å². The summed E-state index contributed by atoms with van der Waals surface area (Å²) in [7, 11) is 0. The van der Waals surface area contributed by atoms with Gasteiger partial charge < -0.3 is 9.73 Å². The lowest BCUT2D eigenvalue weighted by Gasteiger charge is -2.18. The van der Waals surface area contributed by atoms with E-state index in [1.165, 1.54) is 0 Å². The maximum absolute atomic E-state index is 5.94. The molecule has 1 N–H and O–H groups in total. The Morgan fingerprint density at radius 1 is 1.11 bits per heavy atom. The molecule has 19 heavy (non-hydrogen) atoms. The lowest BCUT2D eigenvalue weighted by atomic mass is 10.1. The minimum atomic E-state index is -0.00596. The van der Waals surface area contributed by atoms with Crippen molar-refractivity contribution >= 4 is 23.2 Å². The fraction of sp³-hybridized carbons (Fsp3) is 0.385. The predicted molar refractivity (Wildman–Crippen MR) is 76.3 cm³/mol. The summed E-state index contributed by atoms with van der Waals surface area (Å²) in [6.45, 7) is 6.73. The highest BCUT2D eigenvalue weighted by Crippen LogP contribution is 2.26. The summed E-state index contributed by atoms with van der Waals surface area (Å²) in [6.07, 6.45) is 0. The molecule has 1 aromatic carbocycles. The molecule has 6 heteroatoms. The normalized spacial score (nSPS) is 11.8. The van der Waals surface area contributed by atoms with Gasteiger partial charge in [-0.3, -0.25) is 0 Å². The second kappa shape index (κ2) is 5.49. The van der Waals surface area contributed by atoms with Crippen LogP contribution in [0.4, 0.5) is 0 Å². The molecule has 0 bridgehead atoms. The molecule has 0 spiro atoms. The summed E-state index contributed by atoms with van der Waals surface area (Å²) in [5, 5.41) is 12.3. The standard InChI is InChI=1S/C13H15Cl2N3O/c1-13(2,3)16-7-11-17-18-12(19-11)8-4-9(14)6-10(15)5-8/h4-6,16H,7H2,1-3H3. The molecule has 0 unspecified atom stereocenters. The summed E-state index contributed by atoms with van der Waals surface area (Å²) < 4.78 is 5.57. The van der Waals surface area contributed by atoms with Crippen LogP contribution >= 0.6 is 23.2 Å². The van der Waals surface area contributed by atoms with Crippen molar-refractivity contribution < 1.29 is 4.42 Å². The lowest BCUT2D eigenvalue weighted by molar-refractivity contribution is 0.383. The maximum atomic E-state index is 5.94. The van der Waals surface area contributed by atoms with Gasteiger partial charge in [0.2, 0.25) is 11.8 Å². The molecular formula is C13H15Cl2N3O. The molecule has 0 saturated heterocycles. The highest BCUT2D eigenvalue weighted by atomic mass is 35.5. The molecule has 0 aliphatic carbocycles. The number of benzene rings is 1. The molecule has 0 saturated carbocycles. The first-order valence-electron chi connectivity index (χ1n) is 5.87. The topological polar surface area (TPSA) is 51.0 Å². The van der Waals surface area contributed by atoms with E-state index in [4.69, 9.17) is 27.6 Å². The molecule has 4 nitrogen and oxygen atoms in total. The summed E-state index contributed by atoms with van der Waals surface area (Å²) in [5.74, 6) is 0.941. The van der Waals surface area contributed by atoms with E-state index in [-0.39, 0.29) is 5.54 Å². The van der Waals surface area contributed by atoms with Gasteiger partial charge in [0.15, 0.2) is 0 Å². The van der Waals surface area contributed by atoms with Crippen molar-refractivity contribution in [1.82, 2.24) is 15.5 Å². The average molecular weight is 300 g/mol. The third-order valence-electron chi connectivity index (χ3n) is 2.35. The van der Waals surface area contributed by atoms with Gasteiger partial charge in [-0.25, -0.2) is 0 Å². The zero-order valence-electron chi connectivity index (χ0n) is 11.0. The Morgan fingerprint density at radius 3 is 2.32 bits per heavy atom. The van der Waals surface area contributed by atoms with Gasteiger partial charge in [0.05, 0.1) is 6.54 Å². The number of nitrogens with zero attached hydrogens (tertiary/aromatic N) is 2. The Balaban J connectivity index is 2.16. The van der Waals surface area contributed by atoms with E-state index in [1.807, 2.05) is 0 Å². The molecule has 102 valence electrons. The molecule has 0 aliphatic heterocycles. The van der Waals surface area contributed by atoms with Crippen LogP contribution < -0.4 is 5.32 Å². The number of rotatable bonds is 3. The summed E-state index contributed by atoms with van der Waals surface area (Å²) >= 11 is 11.9. The van der Waals surface area contributed by atoms with Gasteiger partial charge >= 0.3 is 0 Å². The summed E-state index contributed by atoms with van der Waals surface area (Å²) in [4.78, 5) is 0. The molecule has 1 aromatic heterocycles. The zero-order chi connectivity index (χ0) is 14.0. The number of hydrogen-bond donors (Lipinski definition) is 1. The van der Waals surface area contributed by atoms with Crippen LogP contribution in [0.25, 0.3) is 11.5 Å². The molecule has 0 radical (unpaired) electrons. The Labute approximate surface area is 122 Å². The van der Waals surface area contributed by atoms with Gasteiger partial charge in [-0.1, -0.05) is 23.2 Å². The Morgan fingerprint density at radius 2 is 1.74 bits per heavy atom. The highest BCUT2D eigenvalue weighted by molar-refractivity contribution is 6.35. The molecule has 1 heterocycles. The van der Waals surface area contributed by atoms with Crippen molar-refractivity contribution in [2.24, 2.45) is 0 Å². The first-order chi connectivity index (χ1) is 8.83. The second-order valence-corrected chi connectivity index (χ2v) is 6.14. The van der Waals surface area contributed by atoms with Crippen molar-refractivity contribution in [2.75, 3.05) is 0 Å². The Hall–Kier alpha value is -1.10. The van der Waals surface area contributed by atoms with Gasteiger partial charge in [-0.05, 0) is 39.0 Å². The van der Waals surface area contributed by atoms with Crippen molar-refractivity contribution in [2.45, 2.75) is 32.9 Å². The van der Waals surface area contributed by atoms with Gasteiger partial charge in [0.25, 0.3) is 0 Å². The number of aromatic nitrogens is 2. The Bertz CT molecular complexity index is 555. The van der Waals surface area contributed by atoms with Crippen molar-refractivity contribution in [1.29, 1.82) is 0 Å². The van der Waals surface area contributed by atoms with E-state index in [0.29, 0.717) is 33.9 Å². The molecule has 2 rings (SSSR count). The minimum absolute atomic E-state index is 0.00596. The minimum Gasteiger partial charge on any atom is -0.419 e. The lowest BCUT2D eigenvalue weighted by Crippen LogP contribution is -2.35. The average Bonchev–Trinajstić information content (AvgIpc) is 2.72. The maximum Gasteiger partial charge on any atom is 0.247 e. The van der Waals surface area contributed by atoms with E-state index >= 15 is 0 Å². The molecule has 0 atom stereocenters. The van der Waals surface area contributed by atoms with Gasteiger partial charge in [0.1, 0.15) is 0 Å². The smallest absolute Gasteiger partial charge is 0.247 e. The molecular weight excluding hydrogens is 285 g/mol. The van der Waals surface area contributed by atoms with Crippen molar-refractivity contribution in [3.8, 4) is 11.5 Å². The summed E-state index contributed by atoms with van der Waals surface area (Å²) in [5.41, 5.74) is 0.709. The largest absolute Gasteiger partial charge is 0.419 e. The summed E-state index contributed by atoms with van der Waals surface area (Å²) in [6, 6.07) is 5.13. The zero-order valence-corrected chi connectivity index (χ0v) is 12.5. The van der Waals surface area contributed by atoms with Gasteiger partial charge in [-0.15, -0.1) is 10.2 Å². The van der Waals surface area contributed by atoms with Crippen LogP contribution in [0.5, 0.6) is 0 Å². The van der Waals surface area contributed by atoms with Crippen LogP contribution in [-0.2, 0) is 6.54 Å². The van der Waals surface area contributed by atoms with E-state index in [2.05, 4.69) is 36.3 Å². The van der Waals surface area contributed by atoms with E-state index in [9.17, 15) is 0 Å². The third kappa shape index (κ3) is 4.20. The van der Waals surface area contributed by atoms with Crippen LogP contribution in [0.15, 0.2) is 22.6 Å². The molecule has 0 amide bonds. The van der Waals surface area contributed by atoms with Gasteiger partial charge in [0, 0.05) is 21.1 Å². The first kappa shape index (κ1) is 14.3. The Kier molecular flexibility index (Phi) is 4.13. The number of nitrogens with one attached hydrogen (secondary N) is 1. The fourth-order valence-corrected chi connectivity index (χ4v) is 1.99. The fourth-order valence-electron chi connectivity index (χ4n) is 1.46. The van der Waals surface area contributed by atoms with Crippen LogP contribution in [0.3, 0.4) is 0 Å². The van der Waals surface area contributed by atoms with Crippen LogP contribution in [-0.4, -0.2) is 15.7 Å². The van der Waals surface area contributed by atoms with Crippen LogP contribution in [0, 0.1) is 0 Å². The first-order valence-corrected chi connectivity index (χ1v) is 6.63. The molecule has 2 aromatic rings. The van der Waals surface area contributed by atoms with Crippen molar-refractivity contribution in [3.05, 3.63) is 34.1 Å². The van der Waals surface area contributed by atoms with Crippen LogP contribution in [0.2, 0.25) is 10.0 Å². The second-order valence-electron chi connectivity index (χ2n) is 5.26. The molecule has 0 aliphatic rings. The third-order valence-corrected chi connectivity index (χ3v) is 2.78. The SMILES string of the molecule is CC(C)(C)NCc1nnc(-c2cc(Cl)cc(Cl)c2)o1. The molecule has 0 fully saturated rings. The van der Waals surface area contributed by atoms with E-state index < -0.39 is 0 Å². The van der Waals surface area contributed by atoms with Gasteiger partial charge in [-0.2, -0.15) is 0 Å².